The van der Waals surface area contributed by atoms with E-state index in [1.807, 2.05) is 0 Å². The third-order valence-electron chi connectivity index (χ3n) is 4.51. The molecule has 0 unspecified atom stereocenters. The van der Waals surface area contributed by atoms with E-state index in [1.54, 1.807) is 30.6 Å². The lowest BCUT2D eigenvalue weighted by molar-refractivity contribution is 0.392. The van der Waals surface area contributed by atoms with Gasteiger partial charge in [-0.05, 0) is 29.7 Å². The van der Waals surface area contributed by atoms with Crippen LogP contribution in [0.4, 0.5) is 0 Å². The van der Waals surface area contributed by atoms with Gasteiger partial charge in [0, 0.05) is 24.7 Å². The third-order valence-corrected chi connectivity index (χ3v) is 6.93. The molecule has 1 aliphatic rings. The maximum Gasteiger partial charge on any atom is 0.245 e. The summed E-state index contributed by atoms with van der Waals surface area (Å²) < 4.78 is 36.1. The standard InChI is InChI=1S/C15H12N6O2S2/c22-25(23,13-3-1-2-12-14(13)20-24-19-12)21-5-4-10-9(8-21)6-16-15-11(10)7-17-18-15/h1-3,6-7H,4-5,8H2,(H,16,17,18). The van der Waals surface area contributed by atoms with Gasteiger partial charge in [0.15, 0.2) is 5.65 Å². The van der Waals surface area contributed by atoms with Crippen LogP contribution in [0.15, 0.2) is 35.5 Å². The van der Waals surface area contributed by atoms with Crippen LogP contribution < -0.4 is 0 Å². The molecule has 0 spiro atoms. The van der Waals surface area contributed by atoms with Crippen LogP contribution in [-0.4, -0.2) is 43.2 Å². The lowest BCUT2D eigenvalue weighted by Crippen LogP contribution is -2.36. The summed E-state index contributed by atoms with van der Waals surface area (Å²) in [7, 11) is -3.65. The molecule has 0 amide bonds. The van der Waals surface area contributed by atoms with Gasteiger partial charge in [0.05, 0.1) is 17.9 Å². The van der Waals surface area contributed by atoms with Crippen molar-refractivity contribution in [3.8, 4) is 0 Å². The summed E-state index contributed by atoms with van der Waals surface area (Å²) in [6.07, 6.45) is 4.09. The second kappa shape index (κ2) is 5.28. The highest BCUT2D eigenvalue weighted by atomic mass is 32.2. The van der Waals surface area contributed by atoms with Crippen molar-refractivity contribution in [2.75, 3.05) is 6.54 Å². The molecular formula is C15H12N6O2S2. The number of nitrogens with one attached hydrogen (secondary N) is 1. The van der Waals surface area contributed by atoms with E-state index in [0.717, 1.165) is 33.9 Å². The molecule has 8 nitrogen and oxygen atoms in total. The zero-order chi connectivity index (χ0) is 17.0. The van der Waals surface area contributed by atoms with E-state index in [2.05, 4.69) is 23.9 Å². The largest absolute Gasteiger partial charge is 0.261 e. The summed E-state index contributed by atoms with van der Waals surface area (Å²) in [5.74, 6) is 0. The molecule has 0 saturated carbocycles. The van der Waals surface area contributed by atoms with Gasteiger partial charge in [-0.2, -0.15) is 18.2 Å². The summed E-state index contributed by atoms with van der Waals surface area (Å²) in [5.41, 5.74) is 3.78. The molecule has 126 valence electrons. The molecule has 0 fully saturated rings. The van der Waals surface area contributed by atoms with Gasteiger partial charge in [-0.15, -0.1) is 0 Å². The van der Waals surface area contributed by atoms with E-state index in [4.69, 9.17) is 0 Å². The molecule has 0 atom stereocenters. The topological polar surface area (TPSA) is 105 Å². The Morgan fingerprint density at radius 2 is 2.12 bits per heavy atom. The summed E-state index contributed by atoms with van der Waals surface area (Å²) in [5, 5.41) is 7.83. The molecule has 4 aromatic rings. The first-order chi connectivity index (χ1) is 12.1. The Kier molecular flexibility index (Phi) is 3.14. The van der Waals surface area contributed by atoms with E-state index < -0.39 is 10.0 Å². The molecule has 25 heavy (non-hydrogen) atoms. The number of hydrogen-bond donors (Lipinski definition) is 1. The zero-order valence-electron chi connectivity index (χ0n) is 12.9. The molecule has 0 aliphatic carbocycles. The van der Waals surface area contributed by atoms with Crippen LogP contribution in [0.1, 0.15) is 11.1 Å². The molecule has 0 bridgehead atoms. The van der Waals surface area contributed by atoms with Crippen LogP contribution in [0.3, 0.4) is 0 Å². The highest BCUT2D eigenvalue weighted by Gasteiger charge is 2.31. The first-order valence-corrected chi connectivity index (χ1v) is 9.83. The van der Waals surface area contributed by atoms with Gasteiger partial charge in [-0.25, -0.2) is 13.4 Å². The number of hydrogen-bond acceptors (Lipinski definition) is 7. The van der Waals surface area contributed by atoms with Crippen molar-refractivity contribution in [2.45, 2.75) is 17.9 Å². The fraction of sp³-hybridized carbons (Fsp3) is 0.200. The highest BCUT2D eigenvalue weighted by Crippen LogP contribution is 2.30. The Morgan fingerprint density at radius 3 is 3.04 bits per heavy atom. The quantitative estimate of drug-likeness (QED) is 0.574. The molecule has 4 heterocycles. The second-order valence-electron chi connectivity index (χ2n) is 5.87. The van der Waals surface area contributed by atoms with E-state index in [0.29, 0.717) is 30.5 Å². The van der Waals surface area contributed by atoms with Crippen molar-refractivity contribution >= 4 is 43.8 Å². The number of fused-ring (bicyclic) bond motifs is 4. The summed E-state index contributed by atoms with van der Waals surface area (Å²) in [4.78, 5) is 4.53. The van der Waals surface area contributed by atoms with Gasteiger partial charge in [-0.3, -0.25) is 5.10 Å². The minimum absolute atomic E-state index is 0.208. The maximum atomic E-state index is 13.1. The molecule has 5 rings (SSSR count). The fourth-order valence-electron chi connectivity index (χ4n) is 3.26. The van der Waals surface area contributed by atoms with Gasteiger partial charge in [0.1, 0.15) is 15.9 Å². The third kappa shape index (κ3) is 2.18. The Morgan fingerprint density at radius 1 is 1.20 bits per heavy atom. The number of pyridine rings is 1. The normalized spacial score (nSPS) is 15.7. The van der Waals surface area contributed by atoms with Crippen LogP contribution in [0.25, 0.3) is 22.1 Å². The minimum Gasteiger partial charge on any atom is -0.261 e. The minimum atomic E-state index is -3.65. The zero-order valence-corrected chi connectivity index (χ0v) is 14.5. The SMILES string of the molecule is O=S(=O)(c1cccc2nsnc12)N1CCc2c(cnc3[nH]ncc23)C1. The molecule has 3 aromatic heterocycles. The second-order valence-corrected chi connectivity index (χ2v) is 8.31. The van der Waals surface area contributed by atoms with Crippen molar-refractivity contribution in [1.29, 1.82) is 0 Å². The van der Waals surface area contributed by atoms with Crippen molar-refractivity contribution in [3.63, 3.8) is 0 Å². The number of aromatic amines is 1. The predicted octanol–water partition coefficient (Wildman–Crippen LogP) is 1.71. The van der Waals surface area contributed by atoms with E-state index in [-0.39, 0.29) is 4.90 Å². The number of H-pyrrole nitrogens is 1. The Bertz CT molecular complexity index is 1210. The fourth-order valence-corrected chi connectivity index (χ4v) is 5.43. The highest BCUT2D eigenvalue weighted by molar-refractivity contribution is 7.89. The maximum absolute atomic E-state index is 13.1. The van der Waals surface area contributed by atoms with E-state index in [1.165, 1.54) is 4.31 Å². The van der Waals surface area contributed by atoms with Crippen LogP contribution in [0, 0.1) is 0 Å². The van der Waals surface area contributed by atoms with Gasteiger partial charge < -0.3 is 0 Å². The molecule has 0 radical (unpaired) electrons. The smallest absolute Gasteiger partial charge is 0.245 e. The molecule has 1 N–H and O–H groups in total. The van der Waals surface area contributed by atoms with Crippen LogP contribution in [0.5, 0.6) is 0 Å². The Labute approximate surface area is 146 Å². The Hall–Kier alpha value is -2.43. The number of benzene rings is 1. The first kappa shape index (κ1) is 14.9. The van der Waals surface area contributed by atoms with Crippen molar-refractivity contribution in [2.24, 2.45) is 0 Å². The van der Waals surface area contributed by atoms with Gasteiger partial charge in [-0.1, -0.05) is 6.07 Å². The van der Waals surface area contributed by atoms with Gasteiger partial charge in [0.2, 0.25) is 10.0 Å². The monoisotopic (exact) mass is 372 g/mol. The first-order valence-electron chi connectivity index (χ1n) is 7.66. The molecule has 10 heteroatoms. The summed E-state index contributed by atoms with van der Waals surface area (Å²) in [6.45, 7) is 0.702. The average Bonchev–Trinajstić information content (AvgIpc) is 3.29. The van der Waals surface area contributed by atoms with Gasteiger partial charge >= 0.3 is 0 Å². The number of sulfonamides is 1. The molecule has 1 aromatic carbocycles. The van der Waals surface area contributed by atoms with Crippen LogP contribution in [-0.2, 0) is 23.0 Å². The molecular weight excluding hydrogens is 360 g/mol. The molecule has 0 saturated heterocycles. The van der Waals surface area contributed by atoms with Crippen molar-refractivity contribution in [3.05, 3.63) is 41.7 Å². The lowest BCUT2D eigenvalue weighted by atomic mass is 10.0. The summed E-state index contributed by atoms with van der Waals surface area (Å²) in [6, 6.07) is 5.06. The Balaban J connectivity index is 1.59. The lowest BCUT2D eigenvalue weighted by Gasteiger charge is -2.28. The number of aromatic nitrogens is 5. The van der Waals surface area contributed by atoms with Crippen LogP contribution in [0.2, 0.25) is 0 Å². The van der Waals surface area contributed by atoms with Crippen molar-refractivity contribution < 1.29 is 8.42 Å². The average molecular weight is 372 g/mol. The number of nitrogens with zero attached hydrogens (tertiary/aromatic N) is 5. The van der Waals surface area contributed by atoms with E-state index >= 15 is 0 Å². The van der Waals surface area contributed by atoms with Gasteiger partial charge in [0.25, 0.3) is 0 Å². The van der Waals surface area contributed by atoms with Crippen LogP contribution >= 0.6 is 11.7 Å². The van der Waals surface area contributed by atoms with Crippen molar-refractivity contribution in [1.82, 2.24) is 28.2 Å². The molecule has 1 aliphatic heterocycles. The van der Waals surface area contributed by atoms with E-state index in [9.17, 15) is 8.42 Å². The predicted molar refractivity (Wildman–Crippen MR) is 92.6 cm³/mol. The summed E-state index contributed by atoms with van der Waals surface area (Å²) >= 11 is 1.02. The number of rotatable bonds is 2.